The second-order valence-corrected chi connectivity index (χ2v) is 6.81. The molecule has 1 aliphatic heterocycles. The summed E-state index contributed by atoms with van der Waals surface area (Å²) >= 11 is 1.77. The van der Waals surface area contributed by atoms with Gasteiger partial charge in [-0.1, -0.05) is 0 Å². The number of thiophene rings is 1. The number of hydrogen-bond acceptors (Lipinski definition) is 5. The molecule has 1 unspecified atom stereocenters. The summed E-state index contributed by atoms with van der Waals surface area (Å²) in [5, 5.41) is 4.72. The van der Waals surface area contributed by atoms with Crippen LogP contribution in [-0.4, -0.2) is 36.1 Å². The van der Waals surface area contributed by atoms with E-state index in [1.807, 2.05) is 0 Å². The minimum atomic E-state index is 0.572. The van der Waals surface area contributed by atoms with Crippen LogP contribution in [0.1, 0.15) is 29.7 Å². The van der Waals surface area contributed by atoms with Crippen LogP contribution in [0.2, 0.25) is 0 Å². The largest absolute Gasteiger partial charge is 0.356 e. The molecule has 2 aromatic rings. The quantitative estimate of drug-likeness (QED) is 0.923. The highest BCUT2D eigenvalue weighted by Crippen LogP contribution is 2.35. The van der Waals surface area contributed by atoms with E-state index in [0.29, 0.717) is 6.04 Å². The fourth-order valence-electron chi connectivity index (χ4n) is 2.99. The monoisotopic (exact) mass is 290 g/mol. The zero-order valence-corrected chi connectivity index (χ0v) is 13.3. The molecule has 0 amide bonds. The number of hydrogen-bond donors (Lipinski definition) is 1. The fraction of sp³-hybridized carbons (Fsp3) is 0.600. The summed E-state index contributed by atoms with van der Waals surface area (Å²) in [6.45, 7) is 6.59. The molecule has 0 spiro atoms. The molecule has 1 atom stereocenters. The molecule has 4 nitrogen and oxygen atoms in total. The van der Waals surface area contributed by atoms with Crippen LogP contribution < -0.4 is 10.2 Å². The molecule has 2 aromatic heterocycles. The van der Waals surface area contributed by atoms with Crippen molar-refractivity contribution in [2.45, 2.75) is 39.2 Å². The van der Waals surface area contributed by atoms with Crippen molar-refractivity contribution in [3.8, 4) is 0 Å². The Morgan fingerprint density at radius 2 is 2.10 bits per heavy atom. The average Bonchev–Trinajstić information content (AvgIpc) is 2.66. The normalized spacial score (nSPS) is 20.1. The lowest BCUT2D eigenvalue weighted by Gasteiger charge is -2.28. The van der Waals surface area contributed by atoms with E-state index in [-0.39, 0.29) is 0 Å². The highest BCUT2D eigenvalue weighted by atomic mass is 32.1. The molecule has 20 heavy (non-hydrogen) atoms. The molecule has 1 fully saturated rings. The van der Waals surface area contributed by atoms with Crippen LogP contribution in [0, 0.1) is 13.8 Å². The van der Waals surface area contributed by atoms with Gasteiger partial charge in [-0.05, 0) is 51.8 Å². The maximum absolute atomic E-state index is 4.59. The van der Waals surface area contributed by atoms with Gasteiger partial charge in [0.15, 0.2) is 0 Å². The van der Waals surface area contributed by atoms with Crippen molar-refractivity contribution < 1.29 is 0 Å². The Balaban J connectivity index is 2.00. The summed E-state index contributed by atoms with van der Waals surface area (Å²) in [4.78, 5) is 13.9. The van der Waals surface area contributed by atoms with Gasteiger partial charge in [0.1, 0.15) is 17.0 Å². The number of fused-ring (bicyclic) bond motifs is 1. The Bertz CT molecular complexity index is 599. The number of rotatable bonds is 2. The molecule has 0 aliphatic carbocycles. The third-order valence-corrected chi connectivity index (χ3v) is 5.49. The summed E-state index contributed by atoms with van der Waals surface area (Å²) < 4.78 is 0. The third kappa shape index (κ3) is 2.40. The Labute approximate surface area is 124 Å². The first-order valence-corrected chi connectivity index (χ1v) is 8.14. The van der Waals surface area contributed by atoms with Gasteiger partial charge in [0.25, 0.3) is 0 Å². The lowest BCUT2D eigenvalue weighted by Crippen LogP contribution is -2.33. The van der Waals surface area contributed by atoms with E-state index in [1.165, 1.54) is 35.1 Å². The van der Waals surface area contributed by atoms with Crippen molar-refractivity contribution in [2.24, 2.45) is 0 Å². The van der Waals surface area contributed by atoms with E-state index in [9.17, 15) is 0 Å². The molecule has 3 rings (SSSR count). The van der Waals surface area contributed by atoms with Crippen molar-refractivity contribution in [1.82, 2.24) is 15.3 Å². The highest BCUT2D eigenvalue weighted by Gasteiger charge is 2.21. The molecule has 108 valence electrons. The van der Waals surface area contributed by atoms with Gasteiger partial charge in [-0.25, -0.2) is 9.97 Å². The second kappa shape index (κ2) is 5.66. The van der Waals surface area contributed by atoms with Crippen LogP contribution in [0.15, 0.2) is 6.33 Å². The first-order valence-electron chi connectivity index (χ1n) is 7.32. The van der Waals surface area contributed by atoms with Crippen LogP contribution >= 0.6 is 11.3 Å². The molecule has 5 heteroatoms. The van der Waals surface area contributed by atoms with Gasteiger partial charge in [-0.2, -0.15) is 0 Å². The summed E-state index contributed by atoms with van der Waals surface area (Å²) in [6, 6.07) is 0.572. The van der Waals surface area contributed by atoms with Crippen molar-refractivity contribution in [3.05, 3.63) is 16.8 Å². The summed E-state index contributed by atoms with van der Waals surface area (Å²) in [7, 11) is 2.18. The smallest absolute Gasteiger partial charge is 0.141 e. The second-order valence-electron chi connectivity index (χ2n) is 5.61. The number of aryl methyl sites for hydroxylation is 2. The fourth-order valence-corrected chi connectivity index (χ4v) is 3.98. The van der Waals surface area contributed by atoms with E-state index in [4.69, 9.17) is 0 Å². The molecule has 1 saturated heterocycles. The Kier molecular flexibility index (Phi) is 3.89. The van der Waals surface area contributed by atoms with Crippen LogP contribution in [0.5, 0.6) is 0 Å². The Morgan fingerprint density at radius 1 is 1.25 bits per heavy atom. The molecule has 0 radical (unpaired) electrons. The lowest BCUT2D eigenvalue weighted by atomic mass is 10.1. The summed E-state index contributed by atoms with van der Waals surface area (Å²) in [5.41, 5.74) is 1.33. The number of nitrogens with zero attached hydrogens (tertiary/aromatic N) is 3. The van der Waals surface area contributed by atoms with Gasteiger partial charge in [0.2, 0.25) is 0 Å². The molecular weight excluding hydrogens is 268 g/mol. The number of aromatic nitrogens is 2. The van der Waals surface area contributed by atoms with Gasteiger partial charge in [-0.3, -0.25) is 0 Å². The molecule has 0 saturated carbocycles. The zero-order chi connectivity index (χ0) is 14.1. The van der Waals surface area contributed by atoms with Gasteiger partial charge < -0.3 is 10.2 Å². The zero-order valence-electron chi connectivity index (χ0n) is 12.4. The van der Waals surface area contributed by atoms with Crippen LogP contribution in [0.4, 0.5) is 5.82 Å². The van der Waals surface area contributed by atoms with Crippen molar-refractivity contribution in [2.75, 3.05) is 25.0 Å². The number of nitrogens with one attached hydrogen (secondary N) is 1. The van der Waals surface area contributed by atoms with Gasteiger partial charge in [0, 0.05) is 18.0 Å². The first-order chi connectivity index (χ1) is 9.68. The molecule has 0 bridgehead atoms. The van der Waals surface area contributed by atoms with Crippen LogP contribution in [0.25, 0.3) is 10.2 Å². The van der Waals surface area contributed by atoms with Gasteiger partial charge in [-0.15, -0.1) is 11.3 Å². The molecule has 3 heterocycles. The van der Waals surface area contributed by atoms with E-state index in [1.54, 1.807) is 17.7 Å². The van der Waals surface area contributed by atoms with E-state index in [2.05, 4.69) is 41.1 Å². The molecular formula is C15H22N4S. The molecule has 1 aliphatic rings. The SMILES string of the molecule is Cc1sc2ncnc(N(C)C3CCCNCC3)c2c1C. The van der Waals surface area contributed by atoms with Crippen molar-refractivity contribution in [1.29, 1.82) is 0 Å². The first kappa shape index (κ1) is 13.8. The molecule has 0 aromatic carbocycles. The summed E-state index contributed by atoms with van der Waals surface area (Å²) in [5.74, 6) is 1.10. The minimum Gasteiger partial charge on any atom is -0.356 e. The highest BCUT2D eigenvalue weighted by molar-refractivity contribution is 7.18. The van der Waals surface area contributed by atoms with Gasteiger partial charge >= 0.3 is 0 Å². The predicted octanol–water partition coefficient (Wildman–Crippen LogP) is 2.89. The van der Waals surface area contributed by atoms with Gasteiger partial charge in [0.05, 0.1) is 5.39 Å². The number of anilines is 1. The standard InChI is InChI=1S/C15H22N4S/c1-10-11(2)20-15-13(10)14(17-9-18-15)19(3)12-5-4-7-16-8-6-12/h9,12,16H,4-8H2,1-3H3. The Hall–Kier alpha value is -1.20. The van der Waals surface area contributed by atoms with Crippen LogP contribution in [0.3, 0.4) is 0 Å². The topological polar surface area (TPSA) is 41.1 Å². The van der Waals surface area contributed by atoms with E-state index >= 15 is 0 Å². The lowest BCUT2D eigenvalue weighted by molar-refractivity contribution is 0.564. The minimum absolute atomic E-state index is 0.572. The molecule has 1 N–H and O–H groups in total. The van der Waals surface area contributed by atoms with Crippen molar-refractivity contribution in [3.63, 3.8) is 0 Å². The Morgan fingerprint density at radius 3 is 2.95 bits per heavy atom. The predicted molar refractivity (Wildman–Crippen MR) is 85.8 cm³/mol. The average molecular weight is 290 g/mol. The third-order valence-electron chi connectivity index (χ3n) is 4.37. The maximum atomic E-state index is 4.59. The summed E-state index contributed by atoms with van der Waals surface area (Å²) in [6.07, 6.45) is 5.37. The van der Waals surface area contributed by atoms with Crippen molar-refractivity contribution >= 4 is 27.4 Å². The van der Waals surface area contributed by atoms with E-state index in [0.717, 1.165) is 23.7 Å². The van der Waals surface area contributed by atoms with Crippen LogP contribution in [-0.2, 0) is 0 Å². The maximum Gasteiger partial charge on any atom is 0.141 e. The van der Waals surface area contributed by atoms with E-state index < -0.39 is 0 Å².